The van der Waals surface area contributed by atoms with Crippen LogP contribution in [-0.4, -0.2) is 0 Å². The standard InChI is InChI=1S/C61H46N2/c1-61(2)59-42-55(39-41-57(59)58-40-30-49-18-12-13-21-56(49)60(58)61)63(50-19-10-5-11-20-50)54-37-28-48(29-38-54)47-26-35-53(36-27-47)62(51-31-22-45(23-32-51)43-14-6-3-7-15-43)52-33-24-46(25-34-52)44-16-8-4-9-17-44/h3-42H,1-2H3. The van der Waals surface area contributed by atoms with Crippen LogP contribution in [0.15, 0.2) is 243 Å². The second-order valence-corrected chi connectivity index (χ2v) is 17.0. The van der Waals surface area contributed by atoms with E-state index in [2.05, 4.69) is 266 Å². The molecule has 0 aliphatic heterocycles. The Balaban J connectivity index is 0.916. The number of para-hydroxylation sites is 1. The Morgan fingerprint density at radius 1 is 0.286 bits per heavy atom. The topological polar surface area (TPSA) is 6.48 Å². The first-order chi connectivity index (χ1) is 31.0. The molecule has 0 spiro atoms. The van der Waals surface area contributed by atoms with E-state index in [4.69, 9.17) is 0 Å². The van der Waals surface area contributed by atoms with Gasteiger partial charge >= 0.3 is 0 Å². The lowest BCUT2D eigenvalue weighted by molar-refractivity contribution is 0.666. The molecule has 2 nitrogen and oxygen atoms in total. The van der Waals surface area contributed by atoms with Gasteiger partial charge in [-0.05, 0) is 139 Å². The van der Waals surface area contributed by atoms with E-state index in [1.165, 1.54) is 66.4 Å². The van der Waals surface area contributed by atoms with Crippen molar-refractivity contribution in [3.63, 3.8) is 0 Å². The third-order valence-corrected chi connectivity index (χ3v) is 12.8. The minimum atomic E-state index is -0.146. The molecule has 2 heteroatoms. The van der Waals surface area contributed by atoms with Crippen molar-refractivity contribution in [2.24, 2.45) is 0 Å². The zero-order chi connectivity index (χ0) is 42.3. The van der Waals surface area contributed by atoms with Crippen LogP contribution in [0.4, 0.5) is 34.1 Å². The van der Waals surface area contributed by atoms with Gasteiger partial charge in [0.2, 0.25) is 0 Å². The summed E-state index contributed by atoms with van der Waals surface area (Å²) in [7, 11) is 0. The summed E-state index contributed by atoms with van der Waals surface area (Å²) in [5.41, 5.74) is 19.1. The Hall–Kier alpha value is -7.94. The van der Waals surface area contributed by atoms with E-state index in [9.17, 15) is 0 Å². The second kappa shape index (κ2) is 15.8. The third-order valence-electron chi connectivity index (χ3n) is 12.8. The van der Waals surface area contributed by atoms with E-state index in [1.54, 1.807) is 0 Å². The van der Waals surface area contributed by atoms with Crippen molar-refractivity contribution in [1.82, 2.24) is 0 Å². The Kier molecular flexibility index (Phi) is 9.55. The lowest BCUT2D eigenvalue weighted by Crippen LogP contribution is -2.17. The smallest absolute Gasteiger partial charge is 0.0465 e. The Labute approximate surface area is 370 Å². The van der Waals surface area contributed by atoms with Crippen molar-refractivity contribution in [2.75, 3.05) is 9.80 Å². The van der Waals surface area contributed by atoms with Crippen LogP contribution in [0.5, 0.6) is 0 Å². The summed E-state index contributed by atoms with van der Waals surface area (Å²) in [5, 5.41) is 2.63. The van der Waals surface area contributed by atoms with Gasteiger partial charge in [0, 0.05) is 39.5 Å². The number of hydrogen-bond acceptors (Lipinski definition) is 2. The van der Waals surface area contributed by atoms with Gasteiger partial charge in [0.1, 0.15) is 0 Å². The molecule has 0 amide bonds. The highest BCUT2D eigenvalue weighted by Gasteiger charge is 2.37. The first kappa shape index (κ1) is 38.0. The maximum Gasteiger partial charge on any atom is 0.0465 e. The molecule has 0 saturated heterocycles. The minimum absolute atomic E-state index is 0.146. The quantitative estimate of drug-likeness (QED) is 0.143. The molecule has 300 valence electrons. The van der Waals surface area contributed by atoms with Crippen LogP contribution in [-0.2, 0) is 5.41 Å². The molecule has 0 atom stereocenters. The predicted molar refractivity (Wildman–Crippen MR) is 267 cm³/mol. The Morgan fingerprint density at radius 3 is 1.11 bits per heavy atom. The molecule has 10 aromatic carbocycles. The van der Waals surface area contributed by atoms with Crippen LogP contribution in [0, 0.1) is 0 Å². The molecule has 0 aromatic heterocycles. The number of rotatable bonds is 9. The van der Waals surface area contributed by atoms with Crippen LogP contribution < -0.4 is 9.80 Å². The summed E-state index contributed by atoms with van der Waals surface area (Å²) < 4.78 is 0. The van der Waals surface area contributed by atoms with Gasteiger partial charge in [0.25, 0.3) is 0 Å². The fraction of sp³-hybridized carbons (Fsp3) is 0.0492. The summed E-state index contributed by atoms with van der Waals surface area (Å²) >= 11 is 0. The number of hydrogen-bond donors (Lipinski definition) is 0. The van der Waals surface area contributed by atoms with E-state index >= 15 is 0 Å². The normalized spacial score (nSPS) is 12.4. The maximum absolute atomic E-state index is 2.42. The maximum atomic E-state index is 2.42. The average Bonchev–Trinajstić information content (AvgIpc) is 3.59. The molecule has 1 aliphatic rings. The number of benzene rings is 10. The summed E-state index contributed by atoms with van der Waals surface area (Å²) in [4.78, 5) is 4.72. The molecule has 10 aromatic rings. The zero-order valence-electron chi connectivity index (χ0n) is 35.5. The Morgan fingerprint density at radius 2 is 0.635 bits per heavy atom. The summed E-state index contributed by atoms with van der Waals surface area (Å²) in [6.07, 6.45) is 0. The fourth-order valence-corrected chi connectivity index (χ4v) is 9.67. The van der Waals surface area contributed by atoms with Crippen LogP contribution in [0.1, 0.15) is 25.0 Å². The van der Waals surface area contributed by atoms with Gasteiger partial charge < -0.3 is 9.80 Å². The first-order valence-electron chi connectivity index (χ1n) is 21.8. The fourth-order valence-electron chi connectivity index (χ4n) is 9.67. The second-order valence-electron chi connectivity index (χ2n) is 17.0. The van der Waals surface area contributed by atoms with Gasteiger partial charge in [0.15, 0.2) is 0 Å². The monoisotopic (exact) mass is 806 g/mol. The highest BCUT2D eigenvalue weighted by Crippen LogP contribution is 2.53. The predicted octanol–water partition coefficient (Wildman–Crippen LogP) is 17.1. The SMILES string of the molecule is CC1(C)c2cc(N(c3ccccc3)c3ccc(-c4ccc(N(c5ccc(-c6ccccc6)cc5)c5ccc(-c6ccccc6)cc5)cc4)cc3)ccc2-c2ccc3ccccc3c21. The van der Waals surface area contributed by atoms with Crippen molar-refractivity contribution in [3.05, 3.63) is 254 Å². The molecule has 0 fully saturated rings. The molecule has 0 radical (unpaired) electrons. The molecule has 0 bridgehead atoms. The highest BCUT2D eigenvalue weighted by atomic mass is 15.1. The van der Waals surface area contributed by atoms with Crippen molar-refractivity contribution in [3.8, 4) is 44.5 Å². The first-order valence-corrected chi connectivity index (χ1v) is 21.8. The molecule has 11 rings (SSSR count). The summed E-state index contributed by atoms with van der Waals surface area (Å²) in [6, 6.07) is 88.0. The number of fused-ring (bicyclic) bond motifs is 5. The van der Waals surface area contributed by atoms with Crippen LogP contribution in [0.2, 0.25) is 0 Å². The minimum Gasteiger partial charge on any atom is -0.311 e. The van der Waals surface area contributed by atoms with Gasteiger partial charge in [-0.25, -0.2) is 0 Å². The largest absolute Gasteiger partial charge is 0.311 e. The van der Waals surface area contributed by atoms with E-state index in [1.807, 2.05) is 0 Å². The van der Waals surface area contributed by atoms with E-state index in [0.717, 1.165) is 34.1 Å². The van der Waals surface area contributed by atoms with Gasteiger partial charge in [-0.1, -0.05) is 184 Å². The van der Waals surface area contributed by atoms with Crippen LogP contribution >= 0.6 is 0 Å². The van der Waals surface area contributed by atoms with Crippen LogP contribution in [0.25, 0.3) is 55.3 Å². The van der Waals surface area contributed by atoms with Gasteiger partial charge in [0.05, 0.1) is 0 Å². The lowest BCUT2D eigenvalue weighted by Gasteiger charge is -2.28. The lowest BCUT2D eigenvalue weighted by atomic mass is 9.80. The van der Waals surface area contributed by atoms with E-state index in [0.29, 0.717) is 0 Å². The molecule has 0 unspecified atom stereocenters. The molecule has 1 aliphatic carbocycles. The van der Waals surface area contributed by atoms with Crippen LogP contribution in [0.3, 0.4) is 0 Å². The summed E-state index contributed by atoms with van der Waals surface area (Å²) in [5.74, 6) is 0. The molecule has 0 heterocycles. The molecule has 63 heavy (non-hydrogen) atoms. The molecule has 0 N–H and O–H groups in total. The average molecular weight is 807 g/mol. The summed E-state index contributed by atoms with van der Waals surface area (Å²) in [6.45, 7) is 4.76. The molecular weight excluding hydrogens is 761 g/mol. The van der Waals surface area contributed by atoms with E-state index in [-0.39, 0.29) is 5.41 Å². The highest BCUT2D eigenvalue weighted by molar-refractivity contribution is 5.98. The number of anilines is 6. The van der Waals surface area contributed by atoms with E-state index < -0.39 is 0 Å². The van der Waals surface area contributed by atoms with Crippen molar-refractivity contribution < 1.29 is 0 Å². The Bertz CT molecular complexity index is 3110. The number of nitrogens with zero attached hydrogens (tertiary/aromatic N) is 2. The van der Waals surface area contributed by atoms with Gasteiger partial charge in [-0.3, -0.25) is 0 Å². The van der Waals surface area contributed by atoms with Gasteiger partial charge in [-0.15, -0.1) is 0 Å². The van der Waals surface area contributed by atoms with Gasteiger partial charge in [-0.2, -0.15) is 0 Å². The van der Waals surface area contributed by atoms with Crippen molar-refractivity contribution >= 4 is 44.9 Å². The third kappa shape index (κ3) is 6.96. The van der Waals surface area contributed by atoms with Crippen molar-refractivity contribution in [1.29, 1.82) is 0 Å². The van der Waals surface area contributed by atoms with Crippen molar-refractivity contribution in [2.45, 2.75) is 19.3 Å². The molecular formula is C61H46N2. The molecule has 0 saturated carbocycles. The zero-order valence-corrected chi connectivity index (χ0v) is 35.5.